The summed E-state index contributed by atoms with van der Waals surface area (Å²) in [5.41, 5.74) is 14.6. The molecule has 214 valence electrons. The molecule has 2 aliphatic carbocycles. The molecule has 1 heterocycles. The van der Waals surface area contributed by atoms with Crippen molar-refractivity contribution in [2.75, 3.05) is 0 Å². The number of hydrogen-bond acceptors (Lipinski definition) is 1. The van der Waals surface area contributed by atoms with Gasteiger partial charge in [0.1, 0.15) is 0 Å². The van der Waals surface area contributed by atoms with Gasteiger partial charge in [-0.1, -0.05) is 121 Å². The molecule has 0 nitrogen and oxygen atoms in total. The predicted octanol–water partition coefficient (Wildman–Crippen LogP) is 12.6. The average Bonchev–Trinajstić information content (AvgIpc) is 3.49. The highest BCUT2D eigenvalue weighted by atomic mass is 32.1. The van der Waals surface area contributed by atoms with E-state index in [0.717, 1.165) is 25.7 Å². The molecule has 1 aromatic heterocycles. The summed E-state index contributed by atoms with van der Waals surface area (Å²) in [6, 6.07) is 45.1. The van der Waals surface area contributed by atoms with Crippen LogP contribution in [0, 0.1) is 0 Å². The number of allylic oxidation sites excluding steroid dienone is 2. The summed E-state index contributed by atoms with van der Waals surface area (Å²) < 4.78 is 1.40. The van der Waals surface area contributed by atoms with Crippen molar-refractivity contribution in [2.45, 2.75) is 25.7 Å². The molecule has 0 N–H and O–H groups in total. The minimum Gasteiger partial charge on any atom is -0.140 e. The quantitative estimate of drug-likeness (QED) is 0.191. The first-order valence-electron chi connectivity index (χ1n) is 16.0. The van der Waals surface area contributed by atoms with Gasteiger partial charge in [-0.3, -0.25) is 0 Å². The van der Waals surface area contributed by atoms with Crippen LogP contribution in [0.3, 0.4) is 0 Å². The van der Waals surface area contributed by atoms with E-state index in [0.29, 0.717) is 0 Å². The molecule has 0 amide bonds. The lowest BCUT2D eigenvalue weighted by Crippen LogP contribution is -2.03. The van der Waals surface area contributed by atoms with Crippen molar-refractivity contribution in [1.29, 1.82) is 0 Å². The molecule has 0 atom stereocenters. The number of benzene rings is 6. The minimum absolute atomic E-state index is 1.04. The van der Waals surface area contributed by atoms with Crippen LogP contribution in [0.2, 0.25) is 0 Å². The standard InChI is InChI=1S/C44H32S/c1-3-13-29(14-4-1)32-25-33(30-15-5-2-6-16-30)27-34(26-32)44-39-20-9-7-18-37(39)43(38-19-8-10-21-40(38)44)31-23-24-36-35-17-11-12-22-41(35)45-42(36)28-31/h1-9,11,13-20,23-28H,10,12,21-22H2. The van der Waals surface area contributed by atoms with Crippen LogP contribution in [0.5, 0.6) is 0 Å². The summed E-state index contributed by atoms with van der Waals surface area (Å²) >= 11 is 1.98. The highest BCUT2D eigenvalue weighted by molar-refractivity contribution is 7.19. The second kappa shape index (κ2) is 10.9. The number of aryl methyl sites for hydroxylation is 1. The second-order valence-electron chi connectivity index (χ2n) is 12.3. The Morgan fingerprint density at radius 2 is 1.02 bits per heavy atom. The lowest BCUT2D eigenvalue weighted by molar-refractivity contribution is 0.991. The maximum atomic E-state index is 2.46. The molecule has 0 fully saturated rings. The first-order valence-corrected chi connectivity index (χ1v) is 16.9. The second-order valence-corrected chi connectivity index (χ2v) is 13.4. The number of fused-ring (bicyclic) bond motifs is 5. The Hall–Kier alpha value is -4.98. The van der Waals surface area contributed by atoms with Crippen LogP contribution in [0.4, 0.5) is 0 Å². The van der Waals surface area contributed by atoms with Crippen LogP contribution in [0.25, 0.3) is 77.5 Å². The Kier molecular flexibility index (Phi) is 6.39. The monoisotopic (exact) mass is 592 g/mol. The van der Waals surface area contributed by atoms with Gasteiger partial charge in [0, 0.05) is 9.58 Å². The Morgan fingerprint density at radius 1 is 0.422 bits per heavy atom. The van der Waals surface area contributed by atoms with E-state index >= 15 is 0 Å². The van der Waals surface area contributed by atoms with Crippen LogP contribution in [0.1, 0.15) is 34.4 Å². The van der Waals surface area contributed by atoms with Crippen molar-refractivity contribution in [3.63, 3.8) is 0 Å². The molecule has 1 heteroatoms. The molecule has 45 heavy (non-hydrogen) atoms. The molecule has 0 saturated heterocycles. The van der Waals surface area contributed by atoms with Gasteiger partial charge in [-0.05, 0) is 127 Å². The van der Waals surface area contributed by atoms with Gasteiger partial charge < -0.3 is 0 Å². The molecular formula is C44H32S. The summed E-state index contributed by atoms with van der Waals surface area (Å²) in [6.07, 6.45) is 13.8. The predicted molar refractivity (Wildman–Crippen MR) is 196 cm³/mol. The molecule has 0 aliphatic heterocycles. The molecule has 0 bridgehead atoms. The van der Waals surface area contributed by atoms with E-state index in [1.54, 1.807) is 0 Å². The van der Waals surface area contributed by atoms with E-state index in [1.165, 1.54) is 86.9 Å². The summed E-state index contributed by atoms with van der Waals surface area (Å²) in [5.74, 6) is 0. The summed E-state index contributed by atoms with van der Waals surface area (Å²) in [5, 5.41) is 4.05. The Balaban J connectivity index is 1.32. The molecule has 7 aromatic rings. The Bertz CT molecular complexity index is 2240. The lowest BCUT2D eigenvalue weighted by Gasteiger charge is -2.24. The van der Waals surface area contributed by atoms with E-state index in [2.05, 4.69) is 146 Å². The zero-order valence-corrected chi connectivity index (χ0v) is 25.9. The third kappa shape index (κ3) is 4.50. The first kappa shape index (κ1) is 26.4. The number of thiophene rings is 1. The molecule has 6 aromatic carbocycles. The molecule has 0 spiro atoms. The van der Waals surface area contributed by atoms with Crippen LogP contribution in [-0.4, -0.2) is 0 Å². The smallest absolute Gasteiger partial charge is 0.0358 e. The van der Waals surface area contributed by atoms with E-state index in [1.807, 2.05) is 11.3 Å². The third-order valence-electron chi connectivity index (χ3n) is 9.56. The maximum Gasteiger partial charge on any atom is 0.0358 e. The molecule has 0 radical (unpaired) electrons. The SMILES string of the molecule is C1=Cc2c(sc3cc(-c4c5c(c(-c6cc(-c7ccccc7)cc(-c7ccccc7)c6)c6ccccc46)CCC=C5)ccc23)CC1. The lowest BCUT2D eigenvalue weighted by atomic mass is 9.79. The highest BCUT2D eigenvalue weighted by Gasteiger charge is 2.23. The van der Waals surface area contributed by atoms with E-state index in [4.69, 9.17) is 0 Å². The molecule has 2 aliphatic rings. The van der Waals surface area contributed by atoms with Crippen LogP contribution < -0.4 is 0 Å². The fourth-order valence-corrected chi connectivity index (χ4v) is 8.75. The maximum absolute atomic E-state index is 2.46. The molecule has 0 unspecified atom stereocenters. The fourth-order valence-electron chi connectivity index (χ4n) is 7.50. The third-order valence-corrected chi connectivity index (χ3v) is 10.8. The van der Waals surface area contributed by atoms with Gasteiger partial charge in [0.15, 0.2) is 0 Å². The van der Waals surface area contributed by atoms with Gasteiger partial charge >= 0.3 is 0 Å². The van der Waals surface area contributed by atoms with Gasteiger partial charge in [0.05, 0.1) is 0 Å². The van der Waals surface area contributed by atoms with Crippen molar-refractivity contribution < 1.29 is 0 Å². The minimum atomic E-state index is 1.04. The zero-order chi connectivity index (χ0) is 29.7. The topological polar surface area (TPSA) is 0 Å². The Labute approximate surface area is 268 Å². The van der Waals surface area contributed by atoms with Gasteiger partial charge in [0.25, 0.3) is 0 Å². The zero-order valence-electron chi connectivity index (χ0n) is 25.1. The van der Waals surface area contributed by atoms with Gasteiger partial charge in [-0.15, -0.1) is 11.3 Å². The van der Waals surface area contributed by atoms with Crippen molar-refractivity contribution in [3.05, 3.63) is 155 Å². The van der Waals surface area contributed by atoms with E-state index < -0.39 is 0 Å². The largest absolute Gasteiger partial charge is 0.140 e. The summed E-state index contributed by atoms with van der Waals surface area (Å²) in [7, 11) is 0. The number of hydrogen-bond donors (Lipinski definition) is 0. The van der Waals surface area contributed by atoms with Crippen molar-refractivity contribution in [3.8, 4) is 44.5 Å². The van der Waals surface area contributed by atoms with Gasteiger partial charge in [0.2, 0.25) is 0 Å². The average molecular weight is 593 g/mol. The first-order chi connectivity index (χ1) is 22.3. The molecule has 0 saturated carbocycles. The van der Waals surface area contributed by atoms with Gasteiger partial charge in [-0.2, -0.15) is 0 Å². The van der Waals surface area contributed by atoms with Crippen LogP contribution >= 0.6 is 11.3 Å². The van der Waals surface area contributed by atoms with Crippen LogP contribution in [-0.2, 0) is 12.8 Å². The van der Waals surface area contributed by atoms with Crippen molar-refractivity contribution in [1.82, 2.24) is 0 Å². The van der Waals surface area contributed by atoms with Crippen molar-refractivity contribution >= 4 is 44.3 Å². The summed E-state index contributed by atoms with van der Waals surface area (Å²) in [6.45, 7) is 0. The van der Waals surface area contributed by atoms with E-state index in [-0.39, 0.29) is 0 Å². The van der Waals surface area contributed by atoms with E-state index in [9.17, 15) is 0 Å². The fraction of sp³-hybridized carbons (Fsp3) is 0.0909. The van der Waals surface area contributed by atoms with Gasteiger partial charge in [-0.25, -0.2) is 0 Å². The van der Waals surface area contributed by atoms with Crippen molar-refractivity contribution in [2.24, 2.45) is 0 Å². The highest BCUT2D eigenvalue weighted by Crippen LogP contribution is 2.47. The Morgan fingerprint density at radius 3 is 1.73 bits per heavy atom. The normalized spacial score (nSPS) is 13.7. The number of rotatable bonds is 4. The van der Waals surface area contributed by atoms with Crippen LogP contribution in [0.15, 0.2) is 133 Å². The summed E-state index contributed by atoms with van der Waals surface area (Å²) in [4.78, 5) is 1.53. The molecule has 9 rings (SSSR count). The molecular weight excluding hydrogens is 561 g/mol.